The third-order valence-corrected chi connectivity index (χ3v) is 4.31. The molecule has 3 N–H and O–H groups in total. The Morgan fingerprint density at radius 2 is 1.77 bits per heavy atom. The van der Waals surface area contributed by atoms with Gasteiger partial charge in [-0.15, -0.1) is 0 Å². The molecule has 1 atom stereocenters. The van der Waals surface area contributed by atoms with Crippen LogP contribution in [0.25, 0.3) is 0 Å². The number of carbonyl (C=O) groups excluding carboxylic acids is 1. The van der Waals surface area contributed by atoms with Gasteiger partial charge in [0.2, 0.25) is 0 Å². The minimum Gasteiger partial charge on any atom is -0.444 e. The molecule has 0 spiro atoms. The van der Waals surface area contributed by atoms with Crippen molar-refractivity contribution >= 4 is 6.09 Å². The summed E-state index contributed by atoms with van der Waals surface area (Å²) in [7, 11) is 0. The molecule has 0 heterocycles. The van der Waals surface area contributed by atoms with E-state index in [2.05, 4.69) is 10.2 Å². The van der Waals surface area contributed by atoms with E-state index in [9.17, 15) is 4.79 Å². The number of alkyl carbamates (subject to hydrolysis) is 1. The molecule has 0 aliphatic heterocycles. The van der Waals surface area contributed by atoms with Gasteiger partial charge >= 0.3 is 6.09 Å². The van der Waals surface area contributed by atoms with Crippen LogP contribution in [0.5, 0.6) is 0 Å². The number of nitrogens with two attached hydrogens (primary N) is 1. The number of hydrogen-bond acceptors (Lipinski definition) is 4. The molecule has 5 heteroatoms. The van der Waals surface area contributed by atoms with E-state index in [-0.39, 0.29) is 6.09 Å². The summed E-state index contributed by atoms with van der Waals surface area (Å²) in [5.41, 5.74) is 5.56. The largest absolute Gasteiger partial charge is 0.444 e. The SMILES string of the molecule is CC(C)(C)OC(=O)NCCC(CN)N(CC1CC1)CC1CC1. The van der Waals surface area contributed by atoms with Crippen molar-refractivity contribution in [2.24, 2.45) is 17.6 Å². The summed E-state index contributed by atoms with van der Waals surface area (Å²) in [5.74, 6) is 1.76. The minimum atomic E-state index is -0.443. The van der Waals surface area contributed by atoms with Crippen molar-refractivity contribution in [3.05, 3.63) is 0 Å². The van der Waals surface area contributed by atoms with Crippen molar-refractivity contribution in [2.45, 2.75) is 64.5 Å². The molecule has 2 saturated carbocycles. The first-order chi connectivity index (χ1) is 10.4. The standard InChI is InChI=1S/C17H33N3O2/c1-17(2,3)22-16(21)19-9-8-15(10-18)20(11-13-4-5-13)12-14-6-7-14/h13-15H,4-12,18H2,1-3H3,(H,19,21). The van der Waals surface area contributed by atoms with Crippen LogP contribution in [0, 0.1) is 11.8 Å². The van der Waals surface area contributed by atoms with Gasteiger partial charge in [-0.3, -0.25) is 4.90 Å². The predicted octanol–water partition coefficient (Wildman–Crippen LogP) is 2.35. The average molecular weight is 311 g/mol. The summed E-state index contributed by atoms with van der Waals surface area (Å²) in [4.78, 5) is 14.3. The normalized spacial score (nSPS) is 20.0. The summed E-state index contributed by atoms with van der Waals surface area (Å²) >= 11 is 0. The number of hydrogen-bond donors (Lipinski definition) is 2. The highest BCUT2D eigenvalue weighted by molar-refractivity contribution is 5.67. The lowest BCUT2D eigenvalue weighted by atomic mass is 10.1. The quantitative estimate of drug-likeness (QED) is 0.686. The van der Waals surface area contributed by atoms with Gasteiger partial charge in [0.1, 0.15) is 5.60 Å². The molecular weight excluding hydrogens is 278 g/mol. The molecule has 1 unspecified atom stereocenters. The van der Waals surface area contributed by atoms with Gasteiger partial charge in [0.05, 0.1) is 0 Å². The number of nitrogens with zero attached hydrogens (tertiary/aromatic N) is 1. The topological polar surface area (TPSA) is 67.6 Å². The van der Waals surface area contributed by atoms with Gasteiger partial charge < -0.3 is 15.8 Å². The molecule has 2 aliphatic carbocycles. The fraction of sp³-hybridized carbons (Fsp3) is 0.941. The van der Waals surface area contributed by atoms with E-state index in [1.807, 2.05) is 20.8 Å². The summed E-state index contributed by atoms with van der Waals surface area (Å²) in [6.07, 6.45) is 6.04. The molecule has 0 aromatic heterocycles. The van der Waals surface area contributed by atoms with Crippen LogP contribution in [0.3, 0.4) is 0 Å². The molecule has 0 aromatic carbocycles. The minimum absolute atomic E-state index is 0.334. The van der Waals surface area contributed by atoms with Crippen molar-refractivity contribution in [1.82, 2.24) is 10.2 Å². The van der Waals surface area contributed by atoms with E-state index < -0.39 is 5.60 Å². The summed E-state index contributed by atoms with van der Waals surface area (Å²) in [6, 6.07) is 0.371. The fourth-order valence-electron chi connectivity index (χ4n) is 2.74. The van der Waals surface area contributed by atoms with Crippen LogP contribution in [0.2, 0.25) is 0 Å². The molecule has 128 valence electrons. The van der Waals surface area contributed by atoms with Crippen molar-refractivity contribution in [1.29, 1.82) is 0 Å². The Labute approximate surface area is 134 Å². The lowest BCUT2D eigenvalue weighted by Gasteiger charge is -2.31. The molecule has 0 radical (unpaired) electrons. The van der Waals surface area contributed by atoms with E-state index in [1.54, 1.807) is 0 Å². The van der Waals surface area contributed by atoms with E-state index in [0.717, 1.165) is 18.3 Å². The summed E-state index contributed by atoms with van der Waals surface area (Å²) in [6.45, 7) is 9.29. The first-order valence-corrected chi connectivity index (χ1v) is 8.78. The second kappa shape index (κ2) is 7.64. The maximum Gasteiger partial charge on any atom is 0.407 e. The van der Waals surface area contributed by atoms with Crippen LogP contribution < -0.4 is 11.1 Å². The number of amides is 1. The van der Waals surface area contributed by atoms with Gasteiger partial charge in [0.25, 0.3) is 0 Å². The molecule has 0 bridgehead atoms. The van der Waals surface area contributed by atoms with E-state index >= 15 is 0 Å². The van der Waals surface area contributed by atoms with Crippen LogP contribution in [0.15, 0.2) is 0 Å². The zero-order valence-electron chi connectivity index (χ0n) is 14.4. The highest BCUT2D eigenvalue weighted by Gasteiger charge is 2.32. The van der Waals surface area contributed by atoms with Gasteiger partial charge in [-0.1, -0.05) is 0 Å². The fourth-order valence-corrected chi connectivity index (χ4v) is 2.74. The number of ether oxygens (including phenoxy) is 1. The maximum absolute atomic E-state index is 11.7. The Morgan fingerprint density at radius 1 is 1.23 bits per heavy atom. The van der Waals surface area contributed by atoms with Gasteiger partial charge in [-0.05, 0) is 64.7 Å². The average Bonchev–Trinajstić information content (AvgIpc) is 3.27. The van der Waals surface area contributed by atoms with Gasteiger partial charge in [0.15, 0.2) is 0 Å². The Hall–Kier alpha value is -0.810. The van der Waals surface area contributed by atoms with Crippen LogP contribution >= 0.6 is 0 Å². The highest BCUT2D eigenvalue weighted by atomic mass is 16.6. The Morgan fingerprint density at radius 3 is 2.18 bits per heavy atom. The molecule has 0 aromatic rings. The smallest absolute Gasteiger partial charge is 0.407 e. The summed E-state index contributed by atoms with van der Waals surface area (Å²) < 4.78 is 5.27. The highest BCUT2D eigenvalue weighted by Crippen LogP contribution is 2.34. The van der Waals surface area contributed by atoms with E-state index in [1.165, 1.54) is 38.8 Å². The zero-order chi connectivity index (χ0) is 16.2. The van der Waals surface area contributed by atoms with Gasteiger partial charge in [-0.2, -0.15) is 0 Å². The molecule has 2 rings (SSSR count). The van der Waals surface area contributed by atoms with Crippen molar-refractivity contribution < 1.29 is 9.53 Å². The molecule has 2 fully saturated rings. The van der Waals surface area contributed by atoms with Gasteiger partial charge in [0, 0.05) is 32.2 Å². The van der Waals surface area contributed by atoms with Crippen LogP contribution in [-0.4, -0.2) is 48.8 Å². The third kappa shape index (κ3) is 6.97. The first kappa shape index (κ1) is 17.5. The Kier molecular flexibility index (Phi) is 6.09. The molecule has 5 nitrogen and oxygen atoms in total. The second-order valence-electron chi connectivity index (χ2n) is 7.95. The van der Waals surface area contributed by atoms with Gasteiger partial charge in [-0.25, -0.2) is 4.79 Å². The molecular formula is C17H33N3O2. The van der Waals surface area contributed by atoms with Crippen LogP contribution in [-0.2, 0) is 4.74 Å². The number of nitrogens with one attached hydrogen (secondary N) is 1. The molecule has 22 heavy (non-hydrogen) atoms. The Bertz CT molecular complexity index is 345. The molecule has 0 saturated heterocycles. The third-order valence-electron chi connectivity index (χ3n) is 4.31. The second-order valence-corrected chi connectivity index (χ2v) is 7.95. The summed E-state index contributed by atoms with van der Waals surface area (Å²) in [5, 5.41) is 2.85. The lowest BCUT2D eigenvalue weighted by Crippen LogP contribution is -2.45. The lowest BCUT2D eigenvalue weighted by molar-refractivity contribution is 0.0521. The van der Waals surface area contributed by atoms with Crippen LogP contribution in [0.4, 0.5) is 4.79 Å². The van der Waals surface area contributed by atoms with E-state index in [0.29, 0.717) is 19.1 Å². The maximum atomic E-state index is 11.7. The van der Waals surface area contributed by atoms with E-state index in [4.69, 9.17) is 10.5 Å². The number of rotatable bonds is 9. The predicted molar refractivity (Wildman–Crippen MR) is 88.7 cm³/mol. The Balaban J connectivity index is 1.72. The first-order valence-electron chi connectivity index (χ1n) is 8.78. The van der Waals surface area contributed by atoms with Crippen molar-refractivity contribution in [2.75, 3.05) is 26.2 Å². The van der Waals surface area contributed by atoms with Crippen molar-refractivity contribution in [3.63, 3.8) is 0 Å². The molecule has 2 aliphatic rings. The monoisotopic (exact) mass is 311 g/mol. The zero-order valence-corrected chi connectivity index (χ0v) is 14.4. The van der Waals surface area contributed by atoms with Crippen molar-refractivity contribution in [3.8, 4) is 0 Å². The molecule has 1 amide bonds. The van der Waals surface area contributed by atoms with Crippen LogP contribution in [0.1, 0.15) is 52.9 Å². The number of carbonyl (C=O) groups is 1.